The maximum atomic E-state index is 10.9. The minimum atomic E-state index is -0.885. The van der Waals surface area contributed by atoms with E-state index in [2.05, 4.69) is 22.1 Å². The third-order valence-electron chi connectivity index (χ3n) is 6.51. The van der Waals surface area contributed by atoms with Gasteiger partial charge >= 0.3 is 0 Å². The minimum Gasteiger partial charge on any atom is -0.390 e. The van der Waals surface area contributed by atoms with Gasteiger partial charge in [0.25, 0.3) is 0 Å². The standard InChI is InChI=1S/C21H24N4O3/c22-19-14-7-9-25(20(14)24-12-23-19)15-10-21(18(27)17(15)26)8-6-16(28-11-21)13-4-2-1-3-5-13/h1-5,7,9,12,15-18,26-27H,6,8,10-11H2,(H2,22,23,24)/t15-,16+,17+,18+,21+/m1/s1. The third kappa shape index (κ3) is 2.62. The van der Waals surface area contributed by atoms with Crippen LogP contribution < -0.4 is 5.73 Å². The number of fused-ring (bicyclic) bond motifs is 1. The van der Waals surface area contributed by atoms with Crippen molar-refractivity contribution in [3.63, 3.8) is 0 Å². The van der Waals surface area contributed by atoms with E-state index in [1.807, 2.05) is 35.0 Å². The minimum absolute atomic E-state index is 0.0372. The molecule has 1 saturated carbocycles. The molecule has 2 aliphatic rings. The Morgan fingerprint density at radius 3 is 2.71 bits per heavy atom. The molecule has 1 aromatic carbocycles. The molecule has 3 aromatic rings. The summed E-state index contributed by atoms with van der Waals surface area (Å²) in [5.74, 6) is 0.415. The molecule has 2 aromatic heterocycles. The monoisotopic (exact) mass is 380 g/mol. The van der Waals surface area contributed by atoms with Crippen LogP contribution in [-0.4, -0.2) is 43.6 Å². The van der Waals surface area contributed by atoms with Gasteiger partial charge in [-0.05, 0) is 30.9 Å². The second-order valence-corrected chi connectivity index (χ2v) is 8.04. The molecular weight excluding hydrogens is 356 g/mol. The van der Waals surface area contributed by atoms with Gasteiger partial charge in [-0.2, -0.15) is 0 Å². The van der Waals surface area contributed by atoms with Crippen LogP contribution in [0.3, 0.4) is 0 Å². The summed E-state index contributed by atoms with van der Waals surface area (Å²) in [4.78, 5) is 8.36. The Morgan fingerprint density at radius 2 is 1.96 bits per heavy atom. The van der Waals surface area contributed by atoms with Crippen LogP contribution in [0.2, 0.25) is 0 Å². The summed E-state index contributed by atoms with van der Waals surface area (Å²) in [6.07, 6.45) is 3.86. The lowest BCUT2D eigenvalue weighted by Gasteiger charge is -2.40. The lowest BCUT2D eigenvalue weighted by atomic mass is 9.77. The van der Waals surface area contributed by atoms with Crippen molar-refractivity contribution in [3.05, 3.63) is 54.5 Å². The summed E-state index contributed by atoms with van der Waals surface area (Å²) in [5.41, 5.74) is 7.32. The lowest BCUT2D eigenvalue weighted by Crippen LogP contribution is -2.42. The smallest absolute Gasteiger partial charge is 0.145 e. The normalized spacial score (nSPS) is 32.9. The highest BCUT2D eigenvalue weighted by molar-refractivity contribution is 5.86. The molecule has 5 atom stereocenters. The number of benzene rings is 1. The fraction of sp³-hybridized carbons (Fsp3) is 0.429. The van der Waals surface area contributed by atoms with Gasteiger partial charge in [0.15, 0.2) is 0 Å². The number of ether oxygens (including phenoxy) is 1. The highest BCUT2D eigenvalue weighted by Crippen LogP contribution is 2.52. The van der Waals surface area contributed by atoms with Gasteiger partial charge in [-0.1, -0.05) is 30.3 Å². The highest BCUT2D eigenvalue weighted by atomic mass is 16.5. The maximum Gasteiger partial charge on any atom is 0.145 e. The van der Waals surface area contributed by atoms with E-state index in [9.17, 15) is 10.2 Å². The fourth-order valence-electron chi connectivity index (χ4n) is 4.92. The first-order valence-corrected chi connectivity index (χ1v) is 9.69. The van der Waals surface area contributed by atoms with Crippen LogP contribution in [0.4, 0.5) is 5.82 Å². The number of nitrogens with zero attached hydrogens (tertiary/aromatic N) is 3. The summed E-state index contributed by atoms with van der Waals surface area (Å²) in [7, 11) is 0. The van der Waals surface area contributed by atoms with E-state index in [4.69, 9.17) is 10.5 Å². The molecule has 0 unspecified atom stereocenters. The summed E-state index contributed by atoms with van der Waals surface area (Å²) in [5, 5.41) is 22.5. The van der Waals surface area contributed by atoms with Gasteiger partial charge in [0.05, 0.1) is 30.2 Å². The molecule has 1 saturated heterocycles. The van der Waals surface area contributed by atoms with Crippen molar-refractivity contribution in [2.24, 2.45) is 5.41 Å². The van der Waals surface area contributed by atoms with Crippen LogP contribution in [0.1, 0.15) is 37.0 Å². The molecule has 0 amide bonds. The highest BCUT2D eigenvalue weighted by Gasteiger charge is 2.55. The predicted octanol–water partition coefficient (Wildman–Crippen LogP) is 2.22. The molecule has 1 aliphatic heterocycles. The first-order valence-electron chi connectivity index (χ1n) is 9.69. The Kier molecular flexibility index (Phi) is 4.12. The molecule has 2 fully saturated rings. The number of nitrogen functional groups attached to an aromatic ring is 1. The van der Waals surface area contributed by atoms with E-state index in [1.165, 1.54) is 6.33 Å². The summed E-state index contributed by atoms with van der Waals surface area (Å²) in [6.45, 7) is 0.428. The van der Waals surface area contributed by atoms with E-state index < -0.39 is 17.6 Å². The number of anilines is 1. The van der Waals surface area contributed by atoms with Crippen LogP contribution >= 0.6 is 0 Å². The zero-order valence-electron chi connectivity index (χ0n) is 15.5. The first-order chi connectivity index (χ1) is 13.6. The second-order valence-electron chi connectivity index (χ2n) is 8.04. The van der Waals surface area contributed by atoms with E-state index in [0.29, 0.717) is 24.5 Å². The maximum absolute atomic E-state index is 10.9. The lowest BCUT2D eigenvalue weighted by molar-refractivity contribution is -0.120. The van der Waals surface area contributed by atoms with E-state index >= 15 is 0 Å². The van der Waals surface area contributed by atoms with Crippen molar-refractivity contribution < 1.29 is 14.9 Å². The molecule has 146 valence electrons. The largest absolute Gasteiger partial charge is 0.390 e. The SMILES string of the molecule is Nc1ncnc2c1ccn2[C@@H]1C[C@]2(CC[C@@H](c3ccccc3)OC2)[C@@H](O)[C@H]1O. The number of aliphatic hydroxyl groups is 2. The predicted molar refractivity (Wildman–Crippen MR) is 104 cm³/mol. The Morgan fingerprint density at radius 1 is 1.14 bits per heavy atom. The number of rotatable bonds is 2. The average Bonchev–Trinajstić information content (AvgIpc) is 3.26. The molecule has 1 spiro atoms. The van der Waals surface area contributed by atoms with Crippen molar-refractivity contribution in [1.29, 1.82) is 0 Å². The van der Waals surface area contributed by atoms with E-state index in [1.54, 1.807) is 0 Å². The topological polar surface area (TPSA) is 106 Å². The van der Waals surface area contributed by atoms with Gasteiger partial charge in [-0.3, -0.25) is 0 Å². The number of hydrogen-bond acceptors (Lipinski definition) is 6. The van der Waals surface area contributed by atoms with Crippen molar-refractivity contribution in [3.8, 4) is 0 Å². The van der Waals surface area contributed by atoms with E-state index in [0.717, 1.165) is 23.8 Å². The van der Waals surface area contributed by atoms with Gasteiger partial charge in [-0.25, -0.2) is 9.97 Å². The van der Waals surface area contributed by atoms with Crippen LogP contribution in [0.25, 0.3) is 11.0 Å². The first kappa shape index (κ1) is 17.6. The molecule has 28 heavy (non-hydrogen) atoms. The summed E-state index contributed by atoms with van der Waals surface area (Å²) in [6, 6.07) is 11.7. The molecule has 7 nitrogen and oxygen atoms in total. The molecule has 4 N–H and O–H groups in total. The van der Waals surface area contributed by atoms with Gasteiger partial charge in [-0.15, -0.1) is 0 Å². The number of aromatic nitrogens is 3. The Hall–Kier alpha value is -2.48. The molecule has 0 radical (unpaired) electrons. The van der Waals surface area contributed by atoms with Crippen molar-refractivity contribution in [2.75, 3.05) is 12.3 Å². The van der Waals surface area contributed by atoms with Crippen LogP contribution in [0, 0.1) is 5.41 Å². The van der Waals surface area contributed by atoms with Crippen LogP contribution in [-0.2, 0) is 4.74 Å². The Bertz CT molecular complexity index is 982. The Balaban J connectivity index is 1.40. The third-order valence-corrected chi connectivity index (χ3v) is 6.51. The molecule has 0 bridgehead atoms. The molecule has 7 heteroatoms. The molecule has 1 aliphatic carbocycles. The van der Waals surface area contributed by atoms with Crippen molar-refractivity contribution in [2.45, 2.75) is 43.6 Å². The number of hydrogen-bond donors (Lipinski definition) is 3. The number of aliphatic hydroxyl groups excluding tert-OH is 2. The van der Waals surface area contributed by atoms with E-state index in [-0.39, 0.29) is 12.1 Å². The fourth-order valence-corrected chi connectivity index (χ4v) is 4.92. The quantitative estimate of drug-likeness (QED) is 0.629. The average molecular weight is 380 g/mol. The Labute approximate surface area is 162 Å². The zero-order valence-corrected chi connectivity index (χ0v) is 15.5. The molecule has 5 rings (SSSR count). The van der Waals surface area contributed by atoms with Gasteiger partial charge in [0.2, 0.25) is 0 Å². The zero-order chi connectivity index (χ0) is 19.3. The van der Waals surface area contributed by atoms with Crippen molar-refractivity contribution >= 4 is 16.9 Å². The molecular formula is C21H24N4O3. The van der Waals surface area contributed by atoms with Crippen molar-refractivity contribution in [1.82, 2.24) is 14.5 Å². The van der Waals surface area contributed by atoms with Crippen LogP contribution in [0.15, 0.2) is 48.9 Å². The number of nitrogens with two attached hydrogens (primary N) is 1. The summed E-state index contributed by atoms with van der Waals surface area (Å²) < 4.78 is 8.08. The molecule has 3 heterocycles. The van der Waals surface area contributed by atoms with Gasteiger partial charge in [0, 0.05) is 11.6 Å². The summed E-state index contributed by atoms with van der Waals surface area (Å²) >= 11 is 0. The van der Waals surface area contributed by atoms with Gasteiger partial charge in [0.1, 0.15) is 23.9 Å². The van der Waals surface area contributed by atoms with Gasteiger partial charge < -0.3 is 25.3 Å². The van der Waals surface area contributed by atoms with Crippen LogP contribution in [0.5, 0.6) is 0 Å². The second kappa shape index (κ2) is 6.55.